The molecule has 2 aromatic carbocycles. The molecular weight excluding hydrogens is 624 g/mol. The maximum Gasteiger partial charge on any atom is 0.338 e. The van der Waals surface area contributed by atoms with E-state index in [1.165, 1.54) is 6.92 Å². The number of benzene rings is 2. The van der Waals surface area contributed by atoms with E-state index in [0.717, 1.165) is 16.7 Å². The smallest absolute Gasteiger partial charge is 0.338 e. The summed E-state index contributed by atoms with van der Waals surface area (Å²) in [5, 5.41) is 0. The molecular formula is C40H52O9. The van der Waals surface area contributed by atoms with Gasteiger partial charge in [0.05, 0.1) is 23.7 Å². The topological polar surface area (TPSA) is 114 Å². The number of carbonyl (C=O) groups excluding carboxylic acids is 4. The molecule has 9 nitrogen and oxygen atoms in total. The number of fused-ring (bicyclic) bond motifs is 14. The summed E-state index contributed by atoms with van der Waals surface area (Å²) in [6.45, 7) is 11.4. The predicted molar refractivity (Wildman–Crippen MR) is 185 cm³/mol. The molecule has 0 amide bonds. The van der Waals surface area contributed by atoms with Crippen molar-refractivity contribution < 1.29 is 42.9 Å². The molecule has 2 aliphatic heterocycles. The second-order valence-electron chi connectivity index (χ2n) is 14.6. The second-order valence-corrected chi connectivity index (χ2v) is 14.6. The van der Waals surface area contributed by atoms with E-state index in [1.807, 2.05) is 52.0 Å². The minimum Gasteiger partial charge on any atom is -0.462 e. The summed E-state index contributed by atoms with van der Waals surface area (Å²) in [6.07, 6.45) is 6.33. The number of hydrogen-bond acceptors (Lipinski definition) is 9. The molecule has 0 N–H and O–H groups in total. The quantitative estimate of drug-likeness (QED) is 0.181. The second kappa shape index (κ2) is 17.1. The van der Waals surface area contributed by atoms with Gasteiger partial charge in [0.2, 0.25) is 0 Å². The van der Waals surface area contributed by atoms with E-state index < -0.39 is 22.9 Å². The highest BCUT2D eigenvalue weighted by molar-refractivity contribution is 5.89. The summed E-state index contributed by atoms with van der Waals surface area (Å²) in [7, 11) is 0. The lowest BCUT2D eigenvalue weighted by molar-refractivity contribution is -0.154. The van der Waals surface area contributed by atoms with Gasteiger partial charge in [-0.25, -0.2) is 4.79 Å². The van der Waals surface area contributed by atoms with Crippen LogP contribution in [0, 0.1) is 10.8 Å². The molecule has 5 rings (SSSR count). The summed E-state index contributed by atoms with van der Waals surface area (Å²) in [5.74, 6) is -1.52. The van der Waals surface area contributed by atoms with Gasteiger partial charge in [-0.2, -0.15) is 0 Å². The fourth-order valence-corrected chi connectivity index (χ4v) is 6.77. The number of ether oxygens (including phenoxy) is 5. The van der Waals surface area contributed by atoms with E-state index in [0.29, 0.717) is 50.7 Å². The van der Waals surface area contributed by atoms with Crippen LogP contribution in [-0.4, -0.2) is 55.4 Å². The van der Waals surface area contributed by atoms with Crippen LogP contribution < -0.4 is 0 Å². The lowest BCUT2D eigenvalue weighted by Crippen LogP contribution is -2.36. The summed E-state index contributed by atoms with van der Waals surface area (Å²) in [4.78, 5) is 51.3. The molecule has 3 aliphatic rings. The van der Waals surface area contributed by atoms with Crippen LogP contribution in [0.2, 0.25) is 0 Å². The highest BCUT2D eigenvalue weighted by Crippen LogP contribution is 2.54. The van der Waals surface area contributed by atoms with Gasteiger partial charge in [0, 0.05) is 25.2 Å². The van der Waals surface area contributed by atoms with Crippen LogP contribution in [0.1, 0.15) is 113 Å². The molecule has 2 bridgehead atoms. The number of rotatable bonds is 5. The summed E-state index contributed by atoms with van der Waals surface area (Å²) < 4.78 is 29.2. The fraction of sp³-hybridized carbons (Fsp3) is 0.550. The summed E-state index contributed by atoms with van der Waals surface area (Å²) in [5.41, 5.74) is 1.90. The molecule has 2 heterocycles. The van der Waals surface area contributed by atoms with Gasteiger partial charge in [0.1, 0.15) is 25.4 Å². The molecule has 49 heavy (non-hydrogen) atoms. The molecule has 1 fully saturated rings. The SMILES string of the molecule is CC(=O)O[C@H]1CCC(C)OC/C=C\COC(=O)CC[C@]2(C)[C@@H](OC(=O)c3ccccc3)CC[C@H]2c2ccc(cc2COC(=O)C(C)(C)C)C1. The molecule has 266 valence electrons. The van der Waals surface area contributed by atoms with Crippen molar-refractivity contribution in [3.05, 3.63) is 82.9 Å². The van der Waals surface area contributed by atoms with Crippen molar-refractivity contribution in [1.29, 1.82) is 0 Å². The first-order chi connectivity index (χ1) is 23.3. The molecule has 0 aromatic heterocycles. The zero-order chi connectivity index (χ0) is 35.6. The van der Waals surface area contributed by atoms with Gasteiger partial charge in [0.25, 0.3) is 0 Å². The van der Waals surface area contributed by atoms with Crippen LogP contribution in [0.4, 0.5) is 0 Å². The van der Waals surface area contributed by atoms with Gasteiger partial charge >= 0.3 is 23.9 Å². The van der Waals surface area contributed by atoms with Gasteiger partial charge in [0.15, 0.2) is 0 Å². The van der Waals surface area contributed by atoms with Crippen LogP contribution in [0.15, 0.2) is 60.7 Å². The molecule has 1 aliphatic carbocycles. The fourth-order valence-electron chi connectivity index (χ4n) is 6.77. The van der Waals surface area contributed by atoms with Gasteiger partial charge in [-0.05, 0) is 101 Å². The minimum atomic E-state index is -0.687. The highest BCUT2D eigenvalue weighted by atomic mass is 16.6. The first kappa shape index (κ1) is 37.8. The monoisotopic (exact) mass is 676 g/mol. The van der Waals surface area contributed by atoms with E-state index in [-0.39, 0.29) is 55.7 Å². The summed E-state index contributed by atoms with van der Waals surface area (Å²) >= 11 is 0. The van der Waals surface area contributed by atoms with Gasteiger partial charge in [-0.15, -0.1) is 0 Å². The molecule has 0 saturated heterocycles. The van der Waals surface area contributed by atoms with E-state index in [2.05, 4.69) is 13.0 Å². The van der Waals surface area contributed by atoms with Crippen molar-refractivity contribution in [3.63, 3.8) is 0 Å². The van der Waals surface area contributed by atoms with Crippen molar-refractivity contribution in [2.24, 2.45) is 10.8 Å². The molecule has 0 radical (unpaired) electrons. The van der Waals surface area contributed by atoms with Crippen molar-refractivity contribution in [2.45, 2.75) is 117 Å². The third kappa shape index (κ3) is 10.8. The van der Waals surface area contributed by atoms with Crippen molar-refractivity contribution in [3.8, 4) is 0 Å². The van der Waals surface area contributed by atoms with Gasteiger partial charge in [-0.1, -0.05) is 49.4 Å². The number of carbonyl (C=O) groups is 4. The Bertz CT molecular complexity index is 1470. The summed E-state index contributed by atoms with van der Waals surface area (Å²) in [6, 6.07) is 15.0. The minimum absolute atomic E-state index is 0.0534. The average molecular weight is 677 g/mol. The average Bonchev–Trinajstić information content (AvgIpc) is 3.37. The van der Waals surface area contributed by atoms with Crippen LogP contribution in [0.25, 0.3) is 0 Å². The third-order valence-corrected chi connectivity index (χ3v) is 9.60. The van der Waals surface area contributed by atoms with Crippen molar-refractivity contribution in [1.82, 2.24) is 0 Å². The lowest BCUT2D eigenvalue weighted by atomic mass is 9.70. The maximum absolute atomic E-state index is 13.3. The van der Waals surface area contributed by atoms with E-state index in [4.69, 9.17) is 23.7 Å². The molecule has 1 unspecified atom stereocenters. The maximum atomic E-state index is 13.3. The Hall–Kier alpha value is -3.98. The normalized spacial score (nSPS) is 26.1. The Balaban J connectivity index is 1.73. The Kier molecular flexibility index (Phi) is 13.2. The molecule has 5 atom stereocenters. The first-order valence-corrected chi connectivity index (χ1v) is 17.4. The Morgan fingerprint density at radius 1 is 0.939 bits per heavy atom. The van der Waals surface area contributed by atoms with Gasteiger partial charge in [-0.3, -0.25) is 14.4 Å². The largest absolute Gasteiger partial charge is 0.462 e. The predicted octanol–water partition coefficient (Wildman–Crippen LogP) is 7.44. The zero-order valence-corrected chi connectivity index (χ0v) is 29.8. The Morgan fingerprint density at radius 3 is 2.39 bits per heavy atom. The molecule has 0 spiro atoms. The van der Waals surface area contributed by atoms with E-state index in [9.17, 15) is 19.2 Å². The van der Waals surface area contributed by atoms with Gasteiger partial charge < -0.3 is 23.7 Å². The van der Waals surface area contributed by atoms with Crippen molar-refractivity contribution in [2.75, 3.05) is 13.2 Å². The van der Waals surface area contributed by atoms with Crippen LogP contribution in [0.3, 0.4) is 0 Å². The van der Waals surface area contributed by atoms with E-state index >= 15 is 0 Å². The van der Waals surface area contributed by atoms with E-state index in [1.54, 1.807) is 30.3 Å². The lowest BCUT2D eigenvalue weighted by Gasteiger charge is -2.37. The first-order valence-electron chi connectivity index (χ1n) is 17.4. The standard InChI is InChI=1S/C40H52O9/c1-27-14-16-32(48-28(2)41)25-29-15-17-33(31(24-29)26-47-38(44)39(3,4)5)34-18-19-35(49-37(43)30-12-8-7-9-13-30)40(34,6)21-20-36(42)46-23-11-10-22-45-27/h7-13,15,17,24,27,32,34-35H,14,16,18-23,25-26H2,1-6H3/b11-10-/t27?,32-,34-,35-,40-/m0/s1. The van der Waals surface area contributed by atoms with Crippen molar-refractivity contribution >= 4 is 23.9 Å². The number of hydrogen-bond donors (Lipinski definition) is 0. The van der Waals surface area contributed by atoms with Crippen LogP contribution in [0.5, 0.6) is 0 Å². The van der Waals surface area contributed by atoms with Crippen LogP contribution in [-0.2, 0) is 51.1 Å². The number of esters is 4. The Labute approximate surface area is 290 Å². The third-order valence-electron chi connectivity index (χ3n) is 9.60. The highest BCUT2D eigenvalue weighted by Gasteiger charge is 2.50. The zero-order valence-electron chi connectivity index (χ0n) is 29.8. The van der Waals surface area contributed by atoms with Crippen LogP contribution >= 0.6 is 0 Å². The molecule has 1 saturated carbocycles. The Morgan fingerprint density at radius 2 is 1.67 bits per heavy atom. The molecule has 9 heteroatoms. The molecule has 2 aromatic rings.